The van der Waals surface area contributed by atoms with Crippen LogP contribution in [0.2, 0.25) is 0 Å². The molecular formula is C24H34N8O3. The van der Waals surface area contributed by atoms with Gasteiger partial charge in [-0.15, -0.1) is 0 Å². The Labute approximate surface area is 205 Å². The van der Waals surface area contributed by atoms with Gasteiger partial charge in [0.05, 0.1) is 19.4 Å². The van der Waals surface area contributed by atoms with Crippen LogP contribution in [0.4, 0.5) is 11.8 Å². The highest BCUT2D eigenvalue weighted by molar-refractivity contribution is 5.91. The molecule has 0 spiro atoms. The Kier molecular flexibility index (Phi) is 6.83. The number of nitrogens with zero attached hydrogens (tertiary/aromatic N) is 6. The van der Waals surface area contributed by atoms with Gasteiger partial charge in [0.1, 0.15) is 6.33 Å². The maximum atomic E-state index is 12.9. The lowest BCUT2D eigenvalue weighted by Gasteiger charge is -2.32. The first kappa shape index (κ1) is 23.5. The van der Waals surface area contributed by atoms with Crippen LogP contribution in [0.5, 0.6) is 11.8 Å². The second-order valence-electron chi connectivity index (χ2n) is 10.1. The molecule has 1 aliphatic heterocycles. The van der Waals surface area contributed by atoms with Gasteiger partial charge in [0, 0.05) is 19.1 Å². The number of carbonyl (C=O) groups is 1. The molecule has 11 nitrogen and oxygen atoms in total. The van der Waals surface area contributed by atoms with Crippen molar-refractivity contribution in [1.29, 1.82) is 0 Å². The van der Waals surface area contributed by atoms with Crippen molar-refractivity contribution in [3.05, 3.63) is 18.3 Å². The molecule has 0 bridgehead atoms. The third-order valence-electron chi connectivity index (χ3n) is 7.28. The number of anilines is 2. The standard InChI is InChI=1S/C24H34N8O3/c1-14-9-18(14)12-35-24-30-21(22(33)28-15(2)17-3-4-17)29-23(31-24)32-7-5-16(6-8-32)11-34-19-10-26-13-27-20(19)25/h10,13-18H,3-9,11-12H2,1-2H3,(H,28,33)(H2,25,26,27)/t14-,15+,18-/m1/s1. The van der Waals surface area contributed by atoms with Gasteiger partial charge < -0.3 is 25.4 Å². The number of piperidine rings is 1. The Bertz CT molecular complexity index is 1040. The molecule has 2 aromatic heterocycles. The summed E-state index contributed by atoms with van der Waals surface area (Å²) in [7, 11) is 0. The number of ether oxygens (including phenoxy) is 2. The van der Waals surface area contributed by atoms with Crippen LogP contribution in [0.15, 0.2) is 12.5 Å². The molecular weight excluding hydrogens is 448 g/mol. The Hall–Kier alpha value is -3.24. The van der Waals surface area contributed by atoms with E-state index in [0.29, 0.717) is 54.4 Å². The van der Waals surface area contributed by atoms with Crippen molar-refractivity contribution in [3.63, 3.8) is 0 Å². The summed E-state index contributed by atoms with van der Waals surface area (Å²) in [5, 5.41) is 3.04. The van der Waals surface area contributed by atoms with Gasteiger partial charge in [0.25, 0.3) is 5.91 Å². The zero-order valence-electron chi connectivity index (χ0n) is 20.4. The van der Waals surface area contributed by atoms with Crippen LogP contribution in [0.25, 0.3) is 0 Å². The SMILES string of the molecule is C[C@H](NC(=O)c1nc(OC[C@H]2C[C@H]2C)nc(N2CCC(COc3cncnc3N)CC2)n1)C1CC1. The second kappa shape index (κ2) is 10.2. The normalized spacial score (nSPS) is 23.0. The number of nitrogens with two attached hydrogens (primary N) is 1. The van der Waals surface area contributed by atoms with Crippen LogP contribution in [0, 0.1) is 23.7 Å². The third kappa shape index (κ3) is 6.07. The zero-order valence-corrected chi connectivity index (χ0v) is 20.4. The molecule has 1 amide bonds. The van der Waals surface area contributed by atoms with Gasteiger partial charge in [-0.2, -0.15) is 15.0 Å². The molecule has 3 N–H and O–H groups in total. The number of carbonyl (C=O) groups excluding carboxylic acids is 1. The van der Waals surface area contributed by atoms with Crippen molar-refractivity contribution in [2.24, 2.45) is 23.7 Å². The maximum absolute atomic E-state index is 12.9. The molecule has 0 unspecified atom stereocenters. The van der Waals surface area contributed by atoms with Crippen molar-refractivity contribution in [1.82, 2.24) is 30.2 Å². The molecule has 35 heavy (non-hydrogen) atoms. The summed E-state index contributed by atoms with van der Waals surface area (Å²) in [4.78, 5) is 36.3. The van der Waals surface area contributed by atoms with E-state index < -0.39 is 0 Å². The minimum atomic E-state index is -0.274. The van der Waals surface area contributed by atoms with Gasteiger partial charge in [-0.1, -0.05) is 6.92 Å². The van der Waals surface area contributed by atoms with Gasteiger partial charge in [-0.05, 0) is 62.7 Å². The first-order valence-corrected chi connectivity index (χ1v) is 12.6. The Morgan fingerprint density at radius 2 is 1.94 bits per heavy atom. The monoisotopic (exact) mass is 482 g/mol. The van der Waals surface area contributed by atoms with Crippen molar-refractivity contribution in [2.75, 3.05) is 36.9 Å². The number of hydrogen-bond acceptors (Lipinski definition) is 10. The lowest BCUT2D eigenvalue weighted by atomic mass is 9.98. The molecule has 0 aromatic carbocycles. The molecule has 5 rings (SSSR count). The van der Waals surface area contributed by atoms with Crippen molar-refractivity contribution in [3.8, 4) is 11.8 Å². The van der Waals surface area contributed by atoms with Gasteiger partial charge in [-0.25, -0.2) is 9.97 Å². The second-order valence-corrected chi connectivity index (χ2v) is 10.1. The van der Waals surface area contributed by atoms with E-state index >= 15 is 0 Å². The summed E-state index contributed by atoms with van der Waals surface area (Å²) in [6.45, 7) is 6.84. The van der Waals surface area contributed by atoms with E-state index in [0.717, 1.165) is 45.2 Å². The first-order valence-electron chi connectivity index (χ1n) is 12.6. The largest absolute Gasteiger partial charge is 0.488 e. The van der Waals surface area contributed by atoms with Crippen LogP contribution >= 0.6 is 0 Å². The molecule has 2 aromatic rings. The molecule has 1 saturated heterocycles. The molecule has 0 radical (unpaired) electrons. The summed E-state index contributed by atoms with van der Waals surface area (Å²) in [5.41, 5.74) is 5.84. The van der Waals surface area contributed by atoms with E-state index in [1.165, 1.54) is 6.33 Å². The number of hydrogen-bond donors (Lipinski definition) is 2. The van der Waals surface area contributed by atoms with E-state index in [1.54, 1.807) is 6.20 Å². The van der Waals surface area contributed by atoms with Crippen LogP contribution in [0.1, 0.15) is 56.6 Å². The number of aromatic nitrogens is 5. The Morgan fingerprint density at radius 1 is 1.17 bits per heavy atom. The van der Waals surface area contributed by atoms with Crippen LogP contribution in [-0.4, -0.2) is 63.2 Å². The van der Waals surface area contributed by atoms with E-state index in [-0.39, 0.29) is 23.8 Å². The van der Waals surface area contributed by atoms with Gasteiger partial charge in [0.2, 0.25) is 11.8 Å². The molecule has 3 atom stereocenters. The van der Waals surface area contributed by atoms with Gasteiger partial charge in [-0.3, -0.25) is 4.79 Å². The van der Waals surface area contributed by atoms with Crippen molar-refractivity contribution < 1.29 is 14.3 Å². The lowest BCUT2D eigenvalue weighted by molar-refractivity contribution is 0.0923. The van der Waals surface area contributed by atoms with E-state index in [2.05, 4.69) is 42.1 Å². The number of rotatable bonds is 10. The molecule has 3 fully saturated rings. The molecule has 11 heteroatoms. The average molecular weight is 483 g/mol. The molecule has 3 heterocycles. The predicted molar refractivity (Wildman–Crippen MR) is 129 cm³/mol. The smallest absolute Gasteiger partial charge is 0.321 e. The summed E-state index contributed by atoms with van der Waals surface area (Å²) in [6, 6.07) is 0.336. The van der Waals surface area contributed by atoms with Crippen molar-refractivity contribution >= 4 is 17.7 Å². The zero-order chi connectivity index (χ0) is 24.4. The summed E-state index contributed by atoms with van der Waals surface area (Å²) >= 11 is 0. The predicted octanol–water partition coefficient (Wildman–Crippen LogP) is 2.10. The number of nitrogens with one attached hydrogen (secondary N) is 1. The van der Waals surface area contributed by atoms with E-state index in [4.69, 9.17) is 15.2 Å². The highest BCUT2D eigenvalue weighted by atomic mass is 16.5. The van der Waals surface area contributed by atoms with E-state index in [1.807, 2.05) is 6.92 Å². The summed E-state index contributed by atoms with van der Waals surface area (Å²) < 4.78 is 11.7. The van der Waals surface area contributed by atoms with Crippen LogP contribution < -0.4 is 25.4 Å². The highest BCUT2D eigenvalue weighted by Gasteiger charge is 2.34. The minimum absolute atomic E-state index is 0.110. The molecule has 188 valence electrons. The van der Waals surface area contributed by atoms with Crippen molar-refractivity contribution in [2.45, 2.75) is 52.0 Å². The summed E-state index contributed by atoms with van der Waals surface area (Å²) in [5.74, 6) is 3.29. The maximum Gasteiger partial charge on any atom is 0.321 e. The molecule has 3 aliphatic rings. The minimum Gasteiger partial charge on any atom is -0.488 e. The number of nitrogen functional groups attached to an aromatic ring is 1. The van der Waals surface area contributed by atoms with Crippen LogP contribution in [0.3, 0.4) is 0 Å². The number of amides is 1. The fourth-order valence-electron chi connectivity index (χ4n) is 4.40. The summed E-state index contributed by atoms with van der Waals surface area (Å²) in [6.07, 6.45) is 8.24. The Morgan fingerprint density at radius 3 is 2.63 bits per heavy atom. The van der Waals surface area contributed by atoms with Gasteiger partial charge in [0.15, 0.2) is 11.6 Å². The third-order valence-corrected chi connectivity index (χ3v) is 7.28. The lowest BCUT2D eigenvalue weighted by Crippen LogP contribution is -2.38. The fourth-order valence-corrected chi connectivity index (χ4v) is 4.40. The Balaban J connectivity index is 1.22. The highest BCUT2D eigenvalue weighted by Crippen LogP contribution is 2.37. The first-order chi connectivity index (χ1) is 17.0. The van der Waals surface area contributed by atoms with Gasteiger partial charge >= 0.3 is 6.01 Å². The van der Waals surface area contributed by atoms with E-state index in [9.17, 15) is 4.79 Å². The average Bonchev–Trinajstić information content (AvgIpc) is 3.79. The molecule has 2 aliphatic carbocycles. The topological polar surface area (TPSA) is 141 Å². The van der Waals surface area contributed by atoms with Crippen LogP contribution in [-0.2, 0) is 0 Å². The molecule has 2 saturated carbocycles. The quantitative estimate of drug-likeness (QED) is 0.517. The fraction of sp³-hybridized carbons (Fsp3) is 0.667.